The summed E-state index contributed by atoms with van der Waals surface area (Å²) in [6, 6.07) is 15.1. The summed E-state index contributed by atoms with van der Waals surface area (Å²) in [7, 11) is 3.51. The smallest absolute Gasteiger partial charge is 0.239 e. The Balaban J connectivity index is 1.66. The molecule has 3 rings (SSSR count). The molecule has 0 unspecified atom stereocenters. The van der Waals surface area contributed by atoms with Crippen molar-refractivity contribution in [3.05, 3.63) is 53.6 Å². The molecule has 2 aromatic carbocycles. The highest BCUT2D eigenvalue weighted by molar-refractivity contribution is 7.99. The van der Waals surface area contributed by atoms with Gasteiger partial charge in [-0.25, -0.2) is 0 Å². The zero-order chi connectivity index (χ0) is 20.1. The molecule has 0 spiro atoms. The van der Waals surface area contributed by atoms with Gasteiger partial charge in [0, 0.05) is 28.9 Å². The average molecular weight is 418 g/mol. The number of nitrogens with one attached hydrogen (secondary N) is 1. The minimum absolute atomic E-state index is 0.0593. The summed E-state index contributed by atoms with van der Waals surface area (Å²) in [5.74, 6) is -0.0494. The standard InChI is InChI=1S/C21H24ClN3O2S/c1-24(2)21(27)18-7-5-13-25(18)14-20(26)23-17-6-3-4-8-19(17)28-16-11-9-15(22)10-12-16/h3-4,6,8-12,18H,5,7,13-14H2,1-2H3,(H,23,26)/t18-/m0/s1. The van der Waals surface area contributed by atoms with Gasteiger partial charge < -0.3 is 10.2 Å². The molecule has 2 aromatic rings. The van der Waals surface area contributed by atoms with Gasteiger partial charge in [0.05, 0.1) is 18.3 Å². The van der Waals surface area contributed by atoms with Crippen molar-refractivity contribution in [1.29, 1.82) is 0 Å². The van der Waals surface area contributed by atoms with E-state index < -0.39 is 0 Å². The molecule has 0 aromatic heterocycles. The molecule has 1 aliphatic rings. The summed E-state index contributed by atoms with van der Waals surface area (Å²) in [5.41, 5.74) is 0.766. The van der Waals surface area contributed by atoms with Crippen LogP contribution in [0.4, 0.5) is 5.69 Å². The lowest BCUT2D eigenvalue weighted by Gasteiger charge is -2.25. The summed E-state index contributed by atoms with van der Waals surface area (Å²) in [5, 5.41) is 3.70. The minimum atomic E-state index is -0.209. The van der Waals surface area contributed by atoms with E-state index in [4.69, 9.17) is 11.6 Å². The Morgan fingerprint density at radius 1 is 1.18 bits per heavy atom. The van der Waals surface area contributed by atoms with Crippen molar-refractivity contribution in [3.8, 4) is 0 Å². The van der Waals surface area contributed by atoms with Crippen LogP contribution in [0.3, 0.4) is 0 Å². The number of likely N-dealkylation sites (N-methyl/N-ethyl adjacent to an activating group) is 1. The van der Waals surface area contributed by atoms with Gasteiger partial charge in [0.2, 0.25) is 11.8 Å². The molecule has 1 saturated heterocycles. The zero-order valence-electron chi connectivity index (χ0n) is 16.0. The summed E-state index contributed by atoms with van der Waals surface area (Å²) in [6.07, 6.45) is 1.73. The molecule has 0 aliphatic carbocycles. The highest BCUT2D eigenvalue weighted by Gasteiger charge is 2.32. The highest BCUT2D eigenvalue weighted by atomic mass is 35.5. The van der Waals surface area contributed by atoms with Crippen LogP contribution in [0.2, 0.25) is 5.02 Å². The van der Waals surface area contributed by atoms with E-state index in [1.807, 2.05) is 53.4 Å². The van der Waals surface area contributed by atoms with Gasteiger partial charge in [-0.05, 0) is 55.8 Å². The van der Waals surface area contributed by atoms with Gasteiger partial charge in [-0.3, -0.25) is 14.5 Å². The molecule has 2 amide bonds. The van der Waals surface area contributed by atoms with E-state index in [2.05, 4.69) is 5.32 Å². The lowest BCUT2D eigenvalue weighted by atomic mass is 10.2. The number of carbonyl (C=O) groups excluding carboxylic acids is 2. The Labute approximate surface area is 175 Å². The molecule has 5 nitrogen and oxygen atoms in total. The minimum Gasteiger partial charge on any atom is -0.347 e. The third-order valence-corrected chi connectivity index (χ3v) is 5.97. The van der Waals surface area contributed by atoms with Crippen molar-refractivity contribution < 1.29 is 9.59 Å². The fourth-order valence-electron chi connectivity index (χ4n) is 3.26. The SMILES string of the molecule is CN(C)C(=O)[C@@H]1CCCN1CC(=O)Nc1ccccc1Sc1ccc(Cl)cc1. The predicted octanol–water partition coefficient (Wildman–Crippen LogP) is 3.98. The van der Waals surface area contributed by atoms with Crippen molar-refractivity contribution in [1.82, 2.24) is 9.80 Å². The second-order valence-corrected chi connectivity index (χ2v) is 8.51. The molecule has 1 fully saturated rings. The van der Waals surface area contributed by atoms with Gasteiger partial charge in [-0.2, -0.15) is 0 Å². The van der Waals surface area contributed by atoms with E-state index >= 15 is 0 Å². The Kier molecular flexibility index (Phi) is 6.99. The lowest BCUT2D eigenvalue weighted by molar-refractivity contribution is -0.133. The van der Waals surface area contributed by atoms with E-state index in [0.717, 1.165) is 34.9 Å². The van der Waals surface area contributed by atoms with Gasteiger partial charge in [-0.15, -0.1) is 0 Å². The predicted molar refractivity (Wildman–Crippen MR) is 114 cm³/mol. The molecule has 1 atom stereocenters. The van der Waals surface area contributed by atoms with Crippen molar-refractivity contribution in [3.63, 3.8) is 0 Å². The number of carbonyl (C=O) groups is 2. The molecule has 148 valence electrons. The van der Waals surface area contributed by atoms with E-state index in [1.54, 1.807) is 30.8 Å². The third kappa shape index (κ3) is 5.28. The van der Waals surface area contributed by atoms with Crippen molar-refractivity contribution >= 4 is 40.9 Å². The van der Waals surface area contributed by atoms with E-state index in [0.29, 0.717) is 5.02 Å². The van der Waals surface area contributed by atoms with E-state index in [9.17, 15) is 9.59 Å². The molecule has 7 heteroatoms. The lowest BCUT2D eigenvalue weighted by Crippen LogP contribution is -2.45. The van der Waals surface area contributed by atoms with Crippen molar-refractivity contribution in [2.24, 2.45) is 0 Å². The Hall–Kier alpha value is -2.02. The van der Waals surface area contributed by atoms with Crippen LogP contribution in [0.5, 0.6) is 0 Å². The second kappa shape index (κ2) is 9.45. The largest absolute Gasteiger partial charge is 0.347 e. The number of benzene rings is 2. The summed E-state index contributed by atoms with van der Waals surface area (Å²) in [4.78, 5) is 30.5. The van der Waals surface area contributed by atoms with Crippen LogP contribution in [0.25, 0.3) is 0 Å². The van der Waals surface area contributed by atoms with Crippen molar-refractivity contribution in [2.75, 3.05) is 32.5 Å². The first-order valence-electron chi connectivity index (χ1n) is 9.21. The van der Waals surface area contributed by atoms with Gasteiger partial charge >= 0.3 is 0 Å². The highest BCUT2D eigenvalue weighted by Crippen LogP contribution is 2.34. The fourth-order valence-corrected chi connectivity index (χ4v) is 4.28. The Morgan fingerprint density at radius 3 is 2.61 bits per heavy atom. The molecule has 0 bridgehead atoms. The number of nitrogens with zero attached hydrogens (tertiary/aromatic N) is 2. The number of hydrogen-bond acceptors (Lipinski definition) is 4. The van der Waals surface area contributed by atoms with Gasteiger partial charge in [0.25, 0.3) is 0 Å². The number of halogens is 1. The maximum Gasteiger partial charge on any atom is 0.239 e. The molecule has 0 saturated carbocycles. The van der Waals surface area contributed by atoms with Gasteiger partial charge in [0.15, 0.2) is 0 Å². The van der Waals surface area contributed by atoms with Crippen LogP contribution in [-0.2, 0) is 9.59 Å². The maximum absolute atomic E-state index is 12.7. The van der Waals surface area contributed by atoms with Crippen LogP contribution in [-0.4, -0.2) is 54.8 Å². The number of anilines is 1. The van der Waals surface area contributed by atoms with Gasteiger partial charge in [0.1, 0.15) is 0 Å². The summed E-state index contributed by atoms with van der Waals surface area (Å²) < 4.78 is 0. The molecular weight excluding hydrogens is 394 g/mol. The van der Waals surface area contributed by atoms with Crippen LogP contribution < -0.4 is 5.32 Å². The number of likely N-dealkylation sites (tertiary alicyclic amines) is 1. The first-order valence-corrected chi connectivity index (χ1v) is 10.4. The van der Waals surface area contributed by atoms with Crippen molar-refractivity contribution in [2.45, 2.75) is 28.7 Å². The van der Waals surface area contributed by atoms with Gasteiger partial charge in [-0.1, -0.05) is 35.5 Å². The average Bonchev–Trinajstić information content (AvgIpc) is 3.12. The zero-order valence-corrected chi connectivity index (χ0v) is 17.6. The van der Waals surface area contributed by atoms with Crippen LogP contribution in [0.15, 0.2) is 58.3 Å². The Morgan fingerprint density at radius 2 is 1.89 bits per heavy atom. The van der Waals surface area contributed by atoms with E-state index in [1.165, 1.54) is 0 Å². The van der Waals surface area contributed by atoms with Crippen LogP contribution >= 0.6 is 23.4 Å². The van der Waals surface area contributed by atoms with E-state index in [-0.39, 0.29) is 24.4 Å². The van der Waals surface area contributed by atoms with Crippen LogP contribution in [0.1, 0.15) is 12.8 Å². The normalized spacial score (nSPS) is 16.8. The maximum atomic E-state index is 12.7. The Bertz CT molecular complexity index is 842. The number of para-hydroxylation sites is 1. The third-order valence-electron chi connectivity index (χ3n) is 4.64. The first kappa shape index (κ1) is 20.7. The molecule has 28 heavy (non-hydrogen) atoms. The molecule has 0 radical (unpaired) electrons. The fraction of sp³-hybridized carbons (Fsp3) is 0.333. The topological polar surface area (TPSA) is 52.7 Å². The van der Waals surface area contributed by atoms with Crippen LogP contribution in [0, 0.1) is 0 Å². The monoisotopic (exact) mass is 417 g/mol. The molecule has 1 heterocycles. The number of rotatable bonds is 6. The molecule has 1 N–H and O–H groups in total. The first-order chi connectivity index (χ1) is 13.4. The quantitative estimate of drug-likeness (QED) is 0.772. The number of amides is 2. The summed E-state index contributed by atoms with van der Waals surface area (Å²) in [6.45, 7) is 0.975. The molecular formula is C21H24ClN3O2S. The number of hydrogen-bond donors (Lipinski definition) is 1. The summed E-state index contributed by atoms with van der Waals surface area (Å²) >= 11 is 7.52. The molecule has 1 aliphatic heterocycles. The second-order valence-electron chi connectivity index (χ2n) is 6.96.